The van der Waals surface area contributed by atoms with Crippen LogP contribution in [-0.2, 0) is 0 Å². The molecular formula is C24H30N6. The summed E-state index contributed by atoms with van der Waals surface area (Å²) in [5, 5.41) is 15.1. The topological polar surface area (TPSA) is 60.6 Å². The molecule has 1 saturated carbocycles. The highest BCUT2D eigenvalue weighted by atomic mass is 15.3. The van der Waals surface area contributed by atoms with Crippen LogP contribution in [0.3, 0.4) is 0 Å². The summed E-state index contributed by atoms with van der Waals surface area (Å²) in [6.45, 7) is 7.35. The van der Waals surface area contributed by atoms with Crippen LogP contribution in [0.25, 0.3) is 27.6 Å². The molecule has 1 aromatic carbocycles. The Morgan fingerprint density at radius 1 is 1.10 bits per heavy atom. The van der Waals surface area contributed by atoms with Crippen molar-refractivity contribution in [3.05, 3.63) is 42.4 Å². The quantitative estimate of drug-likeness (QED) is 0.468. The van der Waals surface area contributed by atoms with Gasteiger partial charge in [0.25, 0.3) is 0 Å². The number of pyridine rings is 1. The Kier molecular flexibility index (Phi) is 4.93. The lowest BCUT2D eigenvalue weighted by Gasteiger charge is -2.28. The van der Waals surface area contributed by atoms with Crippen LogP contribution in [-0.4, -0.2) is 31.1 Å². The maximum Gasteiger partial charge on any atom is 0.160 e. The standard InChI is InChI=1S/C24H30N6/c1-4-25-23-20-12-19(29-15-16(2)13-26-29)10-11-22(20)28-24-21(23)14-27-30(24)17(3)18-8-6-5-7-9-18/h10-15,17-18H,4-9H2,1-3H3,(H,25,28)/t17-/m0/s1. The predicted octanol–water partition coefficient (Wildman–Crippen LogP) is 5.65. The van der Waals surface area contributed by atoms with Crippen LogP contribution >= 0.6 is 0 Å². The van der Waals surface area contributed by atoms with Crippen molar-refractivity contribution in [1.82, 2.24) is 24.5 Å². The normalized spacial score (nSPS) is 16.4. The molecule has 156 valence electrons. The van der Waals surface area contributed by atoms with Gasteiger partial charge in [-0.2, -0.15) is 10.2 Å². The third kappa shape index (κ3) is 3.24. The van der Waals surface area contributed by atoms with Crippen LogP contribution in [0.1, 0.15) is 57.6 Å². The maximum atomic E-state index is 5.07. The lowest BCUT2D eigenvalue weighted by molar-refractivity contribution is 0.254. The zero-order valence-corrected chi connectivity index (χ0v) is 18.1. The average Bonchev–Trinajstić information content (AvgIpc) is 3.40. The summed E-state index contributed by atoms with van der Waals surface area (Å²) in [6.07, 6.45) is 12.5. The fourth-order valence-corrected chi connectivity index (χ4v) is 4.90. The molecule has 30 heavy (non-hydrogen) atoms. The van der Waals surface area contributed by atoms with Gasteiger partial charge in [-0.05, 0) is 63.3 Å². The molecule has 0 amide bonds. The van der Waals surface area contributed by atoms with E-state index < -0.39 is 0 Å². The van der Waals surface area contributed by atoms with Crippen molar-refractivity contribution in [2.24, 2.45) is 5.92 Å². The Morgan fingerprint density at radius 2 is 1.93 bits per heavy atom. The summed E-state index contributed by atoms with van der Waals surface area (Å²) in [5.41, 5.74) is 5.28. The van der Waals surface area contributed by atoms with Gasteiger partial charge in [-0.25, -0.2) is 14.3 Å². The molecule has 0 unspecified atom stereocenters. The lowest BCUT2D eigenvalue weighted by atomic mass is 9.84. The molecule has 5 rings (SSSR count). The van der Waals surface area contributed by atoms with Crippen LogP contribution in [0.15, 0.2) is 36.8 Å². The van der Waals surface area contributed by atoms with Gasteiger partial charge in [-0.3, -0.25) is 0 Å². The first-order valence-electron chi connectivity index (χ1n) is 11.2. The van der Waals surface area contributed by atoms with Gasteiger partial charge in [0.05, 0.1) is 40.7 Å². The van der Waals surface area contributed by atoms with Crippen molar-refractivity contribution >= 4 is 27.6 Å². The maximum absolute atomic E-state index is 5.07. The number of fused-ring (bicyclic) bond motifs is 2. The van der Waals surface area contributed by atoms with Gasteiger partial charge in [0.1, 0.15) is 0 Å². The van der Waals surface area contributed by atoms with Crippen molar-refractivity contribution in [3.8, 4) is 5.69 Å². The number of aromatic nitrogens is 5. The molecule has 6 nitrogen and oxygen atoms in total. The largest absolute Gasteiger partial charge is 0.384 e. The molecule has 0 saturated heterocycles. The molecule has 3 heterocycles. The summed E-state index contributed by atoms with van der Waals surface area (Å²) in [5.74, 6) is 0.687. The molecule has 0 radical (unpaired) electrons. The molecule has 1 aliphatic rings. The second-order valence-corrected chi connectivity index (χ2v) is 8.65. The predicted molar refractivity (Wildman–Crippen MR) is 122 cm³/mol. The SMILES string of the molecule is CCNc1c2cc(-n3cc(C)cn3)ccc2nc2c1cnn2[C@@H](C)C1CCCCC1. The summed E-state index contributed by atoms with van der Waals surface area (Å²) < 4.78 is 4.08. The summed E-state index contributed by atoms with van der Waals surface area (Å²) in [7, 11) is 0. The van der Waals surface area contributed by atoms with Gasteiger partial charge >= 0.3 is 0 Å². The molecule has 1 aliphatic carbocycles. The first-order chi connectivity index (χ1) is 14.7. The number of nitrogens with one attached hydrogen (secondary N) is 1. The van der Waals surface area contributed by atoms with Gasteiger partial charge in [0.2, 0.25) is 0 Å². The zero-order chi connectivity index (χ0) is 20.7. The Morgan fingerprint density at radius 3 is 2.67 bits per heavy atom. The van der Waals surface area contributed by atoms with E-state index in [4.69, 9.17) is 10.1 Å². The van der Waals surface area contributed by atoms with E-state index in [9.17, 15) is 0 Å². The average molecular weight is 403 g/mol. The number of hydrogen-bond acceptors (Lipinski definition) is 4. The van der Waals surface area contributed by atoms with Crippen LogP contribution < -0.4 is 5.32 Å². The van der Waals surface area contributed by atoms with Crippen LogP contribution in [0.5, 0.6) is 0 Å². The number of rotatable bonds is 5. The monoisotopic (exact) mass is 402 g/mol. The van der Waals surface area contributed by atoms with Gasteiger partial charge in [0, 0.05) is 18.1 Å². The smallest absolute Gasteiger partial charge is 0.160 e. The molecule has 6 heteroatoms. The molecule has 1 fully saturated rings. The first kappa shape index (κ1) is 19.1. The highest BCUT2D eigenvalue weighted by Crippen LogP contribution is 2.37. The van der Waals surface area contributed by atoms with E-state index in [1.165, 1.54) is 32.1 Å². The van der Waals surface area contributed by atoms with Gasteiger partial charge in [-0.15, -0.1) is 0 Å². The van der Waals surface area contributed by atoms with Crippen LogP contribution in [0.2, 0.25) is 0 Å². The van der Waals surface area contributed by atoms with E-state index in [0.29, 0.717) is 12.0 Å². The van der Waals surface area contributed by atoms with Crippen LogP contribution in [0, 0.1) is 12.8 Å². The Bertz CT molecular complexity index is 1180. The molecule has 0 bridgehead atoms. The number of anilines is 1. The highest BCUT2D eigenvalue weighted by molar-refractivity contribution is 6.07. The molecule has 0 aliphatic heterocycles. The number of hydrogen-bond donors (Lipinski definition) is 1. The number of nitrogens with zero attached hydrogens (tertiary/aromatic N) is 5. The van der Waals surface area contributed by atoms with Crippen molar-refractivity contribution in [2.75, 3.05) is 11.9 Å². The third-order valence-corrected chi connectivity index (χ3v) is 6.56. The second kappa shape index (κ2) is 7.74. The van der Waals surface area contributed by atoms with Gasteiger partial charge in [0.15, 0.2) is 5.65 Å². The lowest BCUT2D eigenvalue weighted by Crippen LogP contribution is -2.20. The second-order valence-electron chi connectivity index (χ2n) is 8.65. The highest BCUT2D eigenvalue weighted by Gasteiger charge is 2.24. The summed E-state index contributed by atoms with van der Waals surface area (Å²) in [6, 6.07) is 6.74. The first-order valence-corrected chi connectivity index (χ1v) is 11.2. The Labute approximate surface area is 177 Å². The van der Waals surface area contributed by atoms with E-state index in [0.717, 1.165) is 45.4 Å². The number of aryl methyl sites for hydroxylation is 1. The molecule has 3 aromatic heterocycles. The van der Waals surface area contributed by atoms with E-state index >= 15 is 0 Å². The minimum atomic E-state index is 0.369. The van der Waals surface area contributed by atoms with Crippen molar-refractivity contribution < 1.29 is 0 Å². The third-order valence-electron chi connectivity index (χ3n) is 6.56. The summed E-state index contributed by atoms with van der Waals surface area (Å²) in [4.78, 5) is 5.07. The van der Waals surface area contributed by atoms with Crippen LogP contribution in [0.4, 0.5) is 5.69 Å². The Balaban J connectivity index is 1.65. The van der Waals surface area contributed by atoms with Gasteiger partial charge < -0.3 is 5.32 Å². The van der Waals surface area contributed by atoms with E-state index in [-0.39, 0.29) is 0 Å². The van der Waals surface area contributed by atoms with Gasteiger partial charge in [-0.1, -0.05) is 19.3 Å². The van der Waals surface area contributed by atoms with Crippen molar-refractivity contribution in [3.63, 3.8) is 0 Å². The molecule has 0 spiro atoms. The minimum Gasteiger partial charge on any atom is -0.384 e. The minimum absolute atomic E-state index is 0.369. The Hall–Kier alpha value is -2.89. The fraction of sp³-hybridized carbons (Fsp3) is 0.458. The molecule has 1 atom stereocenters. The number of benzene rings is 1. The fourth-order valence-electron chi connectivity index (χ4n) is 4.90. The zero-order valence-electron chi connectivity index (χ0n) is 18.1. The molecular weight excluding hydrogens is 372 g/mol. The van der Waals surface area contributed by atoms with Crippen molar-refractivity contribution in [1.29, 1.82) is 0 Å². The summed E-state index contributed by atoms with van der Waals surface area (Å²) >= 11 is 0. The van der Waals surface area contributed by atoms with E-state index in [2.05, 4.69) is 54.1 Å². The molecule has 1 N–H and O–H groups in total. The molecule has 4 aromatic rings. The van der Waals surface area contributed by atoms with Crippen molar-refractivity contribution in [2.45, 2.75) is 58.9 Å². The van der Waals surface area contributed by atoms with E-state index in [1.54, 1.807) is 0 Å². The van der Waals surface area contributed by atoms with E-state index in [1.807, 2.05) is 23.3 Å².